The van der Waals surface area contributed by atoms with Crippen LogP contribution in [0.15, 0.2) is 30.3 Å². The molecule has 94 valence electrons. The molecular formula is C13H24N2Si2. The normalized spacial score (nSPS) is 29.2. The Bertz CT molecular complexity index is 372. The molecule has 2 unspecified atom stereocenters. The third kappa shape index (κ3) is 2.55. The average Bonchev–Trinajstić information content (AvgIpc) is 2.92. The van der Waals surface area contributed by atoms with Crippen LogP contribution in [0, 0.1) is 0 Å². The molecule has 0 saturated carbocycles. The third-order valence-corrected chi connectivity index (χ3v) is 6.98. The van der Waals surface area contributed by atoms with Gasteiger partial charge in [-0.25, -0.2) is 9.35 Å². The lowest BCUT2D eigenvalue weighted by atomic mass is 10.2. The number of hydrogen-bond donors (Lipinski definition) is 0. The lowest BCUT2D eigenvalue weighted by Crippen LogP contribution is -2.42. The fourth-order valence-corrected chi connectivity index (χ4v) is 7.77. The largest absolute Gasteiger partial charge is 0.248 e. The van der Waals surface area contributed by atoms with Gasteiger partial charge < -0.3 is 0 Å². The maximum Gasteiger partial charge on any atom is 0.138 e. The summed E-state index contributed by atoms with van der Waals surface area (Å²) < 4.78 is 5.35. The van der Waals surface area contributed by atoms with Crippen LogP contribution in [0.4, 0.5) is 0 Å². The van der Waals surface area contributed by atoms with Crippen molar-refractivity contribution in [1.29, 1.82) is 0 Å². The molecule has 17 heavy (non-hydrogen) atoms. The fraction of sp³-hybridized carbons (Fsp3) is 0.538. The van der Waals surface area contributed by atoms with Gasteiger partial charge in [-0.15, -0.1) is 0 Å². The van der Waals surface area contributed by atoms with Gasteiger partial charge in [-0.1, -0.05) is 69.6 Å². The molecule has 1 aromatic rings. The zero-order chi connectivity index (χ0) is 12.8. The second-order valence-corrected chi connectivity index (χ2v) is 16.4. The zero-order valence-electron chi connectivity index (χ0n) is 11.9. The van der Waals surface area contributed by atoms with E-state index in [2.05, 4.69) is 79.0 Å². The molecule has 0 N–H and O–H groups in total. The highest BCUT2D eigenvalue weighted by Crippen LogP contribution is 2.48. The van der Waals surface area contributed by atoms with Crippen LogP contribution in [0.5, 0.6) is 0 Å². The van der Waals surface area contributed by atoms with E-state index in [0.29, 0.717) is 6.17 Å². The van der Waals surface area contributed by atoms with Crippen LogP contribution >= 0.6 is 0 Å². The molecule has 0 amide bonds. The van der Waals surface area contributed by atoms with Crippen LogP contribution in [0.2, 0.25) is 39.3 Å². The van der Waals surface area contributed by atoms with E-state index in [0.717, 1.165) is 0 Å². The van der Waals surface area contributed by atoms with Gasteiger partial charge in [-0.3, -0.25) is 0 Å². The summed E-state index contributed by atoms with van der Waals surface area (Å²) in [6, 6.07) is 10.9. The van der Waals surface area contributed by atoms with Crippen molar-refractivity contribution in [3.05, 3.63) is 35.9 Å². The molecule has 2 nitrogen and oxygen atoms in total. The first-order valence-corrected chi connectivity index (χ1v) is 13.3. The number of rotatable bonds is 3. The monoisotopic (exact) mass is 264 g/mol. The highest BCUT2D eigenvalue weighted by atomic mass is 28.3. The van der Waals surface area contributed by atoms with Crippen LogP contribution in [0.1, 0.15) is 11.7 Å². The van der Waals surface area contributed by atoms with E-state index >= 15 is 0 Å². The van der Waals surface area contributed by atoms with Gasteiger partial charge in [0.15, 0.2) is 0 Å². The molecule has 1 saturated heterocycles. The molecule has 4 heteroatoms. The molecule has 0 bridgehead atoms. The third-order valence-electron chi connectivity index (χ3n) is 3.11. The summed E-state index contributed by atoms with van der Waals surface area (Å²) in [6.45, 7) is 14.6. The first-order chi connectivity index (χ1) is 7.73. The Morgan fingerprint density at radius 1 is 0.765 bits per heavy atom. The van der Waals surface area contributed by atoms with E-state index in [-0.39, 0.29) is 0 Å². The van der Waals surface area contributed by atoms with Crippen molar-refractivity contribution in [2.45, 2.75) is 45.4 Å². The number of hydrogen-bond acceptors (Lipinski definition) is 2. The minimum atomic E-state index is -1.25. The molecule has 0 radical (unpaired) electrons. The summed E-state index contributed by atoms with van der Waals surface area (Å²) in [7, 11) is -2.50. The number of benzene rings is 1. The molecule has 0 aromatic heterocycles. The molecule has 1 aliphatic rings. The second kappa shape index (κ2) is 4.05. The Labute approximate surface area is 107 Å². The van der Waals surface area contributed by atoms with Gasteiger partial charge in [0, 0.05) is 0 Å². The summed E-state index contributed by atoms with van der Waals surface area (Å²) in [6.07, 6.45) is 0.550. The standard InChI is InChI=1S/C13H24N2Si2/c1-16(2,3)14-13(15(14)17(4,5)6)12-10-8-7-9-11-12/h7-11,13H,1-6H3. The second-order valence-electron chi connectivity index (χ2n) is 6.82. The Morgan fingerprint density at radius 2 is 1.18 bits per heavy atom. The van der Waals surface area contributed by atoms with Crippen molar-refractivity contribution < 1.29 is 0 Å². The Hall–Kier alpha value is -0.426. The van der Waals surface area contributed by atoms with Gasteiger partial charge in [0.2, 0.25) is 0 Å². The number of hydrazine groups is 1. The van der Waals surface area contributed by atoms with E-state index in [1.807, 2.05) is 0 Å². The zero-order valence-corrected chi connectivity index (χ0v) is 13.9. The van der Waals surface area contributed by atoms with E-state index in [4.69, 9.17) is 0 Å². The van der Waals surface area contributed by atoms with Crippen LogP contribution in [-0.4, -0.2) is 25.8 Å². The Morgan fingerprint density at radius 3 is 1.53 bits per heavy atom. The topological polar surface area (TPSA) is 6.02 Å². The van der Waals surface area contributed by atoms with Crippen LogP contribution in [-0.2, 0) is 0 Å². The first kappa shape index (κ1) is 13.0. The molecule has 0 aliphatic carbocycles. The fourth-order valence-electron chi connectivity index (χ4n) is 2.46. The van der Waals surface area contributed by atoms with Crippen LogP contribution < -0.4 is 0 Å². The quantitative estimate of drug-likeness (QED) is 0.603. The summed E-state index contributed by atoms with van der Waals surface area (Å²) in [5.74, 6) is 0. The van der Waals surface area contributed by atoms with E-state index < -0.39 is 16.5 Å². The SMILES string of the molecule is C[Si](C)(C)N1C(c2ccccc2)N1[Si](C)(C)C. The minimum absolute atomic E-state index is 0.550. The summed E-state index contributed by atoms with van der Waals surface area (Å²) in [5, 5.41) is 0. The smallest absolute Gasteiger partial charge is 0.138 e. The highest BCUT2D eigenvalue weighted by molar-refractivity contribution is 6.78. The number of nitrogens with zero attached hydrogens (tertiary/aromatic N) is 2. The minimum Gasteiger partial charge on any atom is -0.248 e. The van der Waals surface area contributed by atoms with Crippen molar-refractivity contribution in [2.24, 2.45) is 0 Å². The van der Waals surface area contributed by atoms with Gasteiger partial charge in [0.05, 0.1) is 0 Å². The predicted molar refractivity (Wildman–Crippen MR) is 79.6 cm³/mol. The van der Waals surface area contributed by atoms with Crippen molar-refractivity contribution in [3.8, 4) is 0 Å². The average molecular weight is 265 g/mol. The van der Waals surface area contributed by atoms with Crippen molar-refractivity contribution in [3.63, 3.8) is 0 Å². The molecule has 1 aliphatic heterocycles. The Kier molecular flexibility index (Phi) is 3.10. The lowest BCUT2D eigenvalue weighted by molar-refractivity contribution is 0.574. The summed E-state index contributed by atoms with van der Waals surface area (Å²) in [5.41, 5.74) is 1.46. The maximum absolute atomic E-state index is 2.68. The predicted octanol–water partition coefficient (Wildman–Crippen LogP) is 3.89. The van der Waals surface area contributed by atoms with E-state index in [1.54, 1.807) is 0 Å². The van der Waals surface area contributed by atoms with Gasteiger partial charge in [0.1, 0.15) is 22.6 Å². The molecule has 2 rings (SSSR count). The molecule has 1 fully saturated rings. The van der Waals surface area contributed by atoms with E-state index in [1.165, 1.54) is 5.56 Å². The van der Waals surface area contributed by atoms with E-state index in [9.17, 15) is 0 Å². The van der Waals surface area contributed by atoms with Gasteiger partial charge in [0.25, 0.3) is 0 Å². The maximum atomic E-state index is 2.68. The molecule has 0 spiro atoms. The molecular weight excluding hydrogens is 240 g/mol. The molecule has 2 atom stereocenters. The molecule has 1 aromatic carbocycles. The van der Waals surface area contributed by atoms with Gasteiger partial charge >= 0.3 is 0 Å². The Balaban J connectivity index is 2.29. The summed E-state index contributed by atoms with van der Waals surface area (Å²) in [4.78, 5) is 0. The highest BCUT2D eigenvalue weighted by Gasteiger charge is 2.57. The van der Waals surface area contributed by atoms with Gasteiger partial charge in [-0.2, -0.15) is 0 Å². The van der Waals surface area contributed by atoms with Crippen molar-refractivity contribution in [1.82, 2.24) is 9.35 Å². The van der Waals surface area contributed by atoms with Crippen LogP contribution in [0.25, 0.3) is 0 Å². The van der Waals surface area contributed by atoms with Gasteiger partial charge in [-0.05, 0) is 5.56 Å². The summed E-state index contributed by atoms with van der Waals surface area (Å²) >= 11 is 0. The van der Waals surface area contributed by atoms with Crippen LogP contribution in [0.3, 0.4) is 0 Å². The van der Waals surface area contributed by atoms with Crippen molar-refractivity contribution in [2.75, 3.05) is 0 Å². The lowest BCUT2D eigenvalue weighted by Gasteiger charge is -2.24. The van der Waals surface area contributed by atoms with Crippen molar-refractivity contribution >= 4 is 16.5 Å². The first-order valence-electron chi connectivity index (χ1n) is 6.36. The molecule has 1 heterocycles.